The van der Waals surface area contributed by atoms with E-state index < -0.39 is 84.7 Å². The molecule has 9 unspecified atom stereocenters. The van der Waals surface area contributed by atoms with E-state index in [1.165, 1.54) is 0 Å². The molecule has 2 aliphatic heterocycles. The fourth-order valence-electron chi connectivity index (χ4n) is 11.0. The van der Waals surface area contributed by atoms with Crippen LogP contribution in [-0.4, -0.2) is 98.5 Å². The molecule has 0 spiro atoms. The second kappa shape index (κ2) is 18.7. The summed E-state index contributed by atoms with van der Waals surface area (Å²) in [5, 5.41) is 13.0. The van der Waals surface area contributed by atoms with Gasteiger partial charge in [-0.3, -0.25) is 0 Å². The average Bonchev–Trinajstić information content (AvgIpc) is 3.62. The lowest BCUT2D eigenvalue weighted by atomic mass is 9.49. The molecule has 2 heterocycles. The van der Waals surface area contributed by atoms with Crippen molar-refractivity contribution in [1.82, 2.24) is 0 Å². The smallest absolute Gasteiger partial charge is 0.338 e. The summed E-state index contributed by atoms with van der Waals surface area (Å²) in [7, 11) is -5.60. The number of rotatable bonds is 18. The summed E-state index contributed by atoms with van der Waals surface area (Å²) in [6, 6.07) is 15.2. The second-order valence-corrected chi connectivity index (χ2v) is 30.4. The summed E-state index contributed by atoms with van der Waals surface area (Å²) < 4.78 is 48.6. The zero-order valence-electron chi connectivity index (χ0n) is 37.4. The van der Waals surface area contributed by atoms with E-state index in [4.69, 9.17) is 32.2 Å². The monoisotopic (exact) mass is 844 g/mol. The molecule has 57 heavy (non-hydrogen) atoms. The first-order valence-corrected chi connectivity index (χ1v) is 30.0. The van der Waals surface area contributed by atoms with E-state index in [0.717, 1.165) is 53.8 Å². The van der Waals surface area contributed by atoms with Gasteiger partial charge in [0.1, 0.15) is 17.8 Å². The van der Waals surface area contributed by atoms with Crippen LogP contribution in [0.1, 0.15) is 98.9 Å². The van der Waals surface area contributed by atoms with E-state index in [1.54, 1.807) is 18.2 Å². The normalized spacial score (nSPS) is 33.9. The summed E-state index contributed by atoms with van der Waals surface area (Å²) in [5.41, 5.74) is 0.00346. The molecule has 1 N–H and O–H groups in total. The highest BCUT2D eigenvalue weighted by molar-refractivity contribution is 6.74. The first-order valence-electron chi connectivity index (χ1n) is 22.2. The predicted octanol–water partition coefficient (Wildman–Crippen LogP) is 9.58. The number of hydrogen-bond donors (Lipinski definition) is 1. The summed E-state index contributed by atoms with van der Waals surface area (Å²) in [5.74, 6) is -0.987. The van der Waals surface area contributed by atoms with E-state index in [9.17, 15) is 9.90 Å². The fraction of sp³-hybridized carbons (Fsp3) is 0.756. The van der Waals surface area contributed by atoms with Gasteiger partial charge in [0, 0.05) is 24.4 Å². The molecule has 1 aromatic rings. The predicted molar refractivity (Wildman–Crippen MR) is 235 cm³/mol. The van der Waals surface area contributed by atoms with Crippen LogP contribution in [0.5, 0.6) is 0 Å². The zero-order valence-corrected chi connectivity index (χ0v) is 40.5. The minimum atomic E-state index is -2.23. The van der Waals surface area contributed by atoms with Crippen molar-refractivity contribution in [2.75, 3.05) is 13.2 Å². The van der Waals surface area contributed by atoms with Crippen LogP contribution in [0, 0.1) is 16.7 Å². The summed E-state index contributed by atoms with van der Waals surface area (Å²) in [6.07, 6.45) is -0.00125. The number of ether oxygens (including phenoxy) is 4. The third kappa shape index (κ3) is 8.97. The van der Waals surface area contributed by atoms with E-state index in [2.05, 4.69) is 88.9 Å². The Bertz CT molecular complexity index is 1530. The number of aliphatic hydroxyl groups is 1. The average molecular weight is 845 g/mol. The van der Waals surface area contributed by atoms with Gasteiger partial charge in [-0.15, -0.1) is 0 Å². The van der Waals surface area contributed by atoms with Crippen molar-refractivity contribution in [1.29, 1.82) is 0 Å². The van der Waals surface area contributed by atoms with Crippen molar-refractivity contribution in [3.05, 3.63) is 59.7 Å². The van der Waals surface area contributed by atoms with Crippen molar-refractivity contribution in [2.45, 2.75) is 186 Å². The molecule has 2 aliphatic carbocycles. The molecule has 10 atom stereocenters. The van der Waals surface area contributed by atoms with Gasteiger partial charge in [-0.2, -0.15) is 0 Å². The topological polar surface area (TPSA) is 102 Å². The van der Waals surface area contributed by atoms with Gasteiger partial charge >= 0.3 is 5.97 Å². The van der Waals surface area contributed by atoms with Gasteiger partial charge in [0.05, 0.1) is 36.6 Å². The lowest BCUT2D eigenvalue weighted by Gasteiger charge is -2.66. The Hall–Kier alpha value is -1.46. The summed E-state index contributed by atoms with van der Waals surface area (Å²) in [4.78, 5) is 14.3. The fourth-order valence-corrected chi connectivity index (χ4v) is 17.4. The lowest BCUT2D eigenvalue weighted by Crippen LogP contribution is -2.78. The van der Waals surface area contributed by atoms with Gasteiger partial charge < -0.3 is 37.3 Å². The minimum Gasteiger partial charge on any atom is -0.458 e. The van der Waals surface area contributed by atoms with Crippen LogP contribution in [-0.2, 0) is 32.2 Å². The molecule has 4 fully saturated rings. The molecule has 1 aromatic carbocycles. The molecule has 0 aromatic heterocycles. The van der Waals surface area contributed by atoms with Crippen LogP contribution in [0.15, 0.2) is 54.1 Å². The molecular formula is C45H76O9Si3. The Morgan fingerprint density at radius 1 is 0.982 bits per heavy atom. The van der Waals surface area contributed by atoms with Crippen LogP contribution in [0.2, 0.25) is 49.4 Å². The maximum Gasteiger partial charge on any atom is 0.338 e. The van der Waals surface area contributed by atoms with Gasteiger partial charge in [0.25, 0.3) is 0 Å². The third-order valence-corrected chi connectivity index (χ3v) is 25.0. The third-order valence-electron chi connectivity index (χ3n) is 14.8. The van der Waals surface area contributed by atoms with Gasteiger partial charge in [0.15, 0.2) is 32.0 Å². The Morgan fingerprint density at radius 3 is 2.12 bits per heavy atom. The standard InChI is InChI=1S/C45H76O9Si3/c1-14-37-51-39-38(31(8)33(26-27-49-55(12)13)53-56(15-2,16-3)17-4)43(9,10)29-34(50-42(46)32-24-22-21-23-25-32)40-44(11,41(39)52-37)35(28-36-45(40,47)30-48-36)54-57(18-5,19-6)20-7/h14,21-25,33-37,39-41,47,55H,1,15-20,26-30H2,2-13H3/t33?,34?,35?,36?,37?,39?,40?,41?,44-,45?/m1/s1. The van der Waals surface area contributed by atoms with Crippen molar-refractivity contribution >= 4 is 31.6 Å². The van der Waals surface area contributed by atoms with Crippen LogP contribution < -0.4 is 0 Å². The summed E-state index contributed by atoms with van der Waals surface area (Å²) in [6.45, 7) is 31.8. The second-order valence-electron chi connectivity index (χ2n) is 18.5. The highest BCUT2D eigenvalue weighted by Gasteiger charge is 2.73. The molecule has 2 saturated heterocycles. The van der Waals surface area contributed by atoms with E-state index in [1.807, 2.05) is 18.2 Å². The molecule has 2 saturated carbocycles. The van der Waals surface area contributed by atoms with Gasteiger partial charge in [-0.1, -0.05) is 87.1 Å². The molecule has 0 amide bonds. The molecule has 322 valence electrons. The highest BCUT2D eigenvalue weighted by Crippen LogP contribution is 2.63. The van der Waals surface area contributed by atoms with Gasteiger partial charge in [-0.25, -0.2) is 4.79 Å². The number of hydrogen-bond acceptors (Lipinski definition) is 9. The summed E-state index contributed by atoms with van der Waals surface area (Å²) >= 11 is 0. The largest absolute Gasteiger partial charge is 0.458 e. The lowest BCUT2D eigenvalue weighted by molar-refractivity contribution is -0.343. The molecule has 4 aliphatic rings. The number of esters is 1. The maximum absolute atomic E-state index is 14.3. The Kier molecular flexibility index (Phi) is 15.3. The van der Waals surface area contributed by atoms with Crippen molar-refractivity contribution in [3.8, 4) is 0 Å². The van der Waals surface area contributed by atoms with Crippen molar-refractivity contribution in [2.24, 2.45) is 16.7 Å². The molecule has 9 nitrogen and oxygen atoms in total. The molecule has 12 heteroatoms. The molecule has 0 radical (unpaired) electrons. The molecule has 5 rings (SSSR count). The van der Waals surface area contributed by atoms with Crippen LogP contribution in [0.25, 0.3) is 0 Å². The Morgan fingerprint density at radius 2 is 1.60 bits per heavy atom. The number of carbonyl (C=O) groups is 1. The number of benzene rings is 1. The van der Waals surface area contributed by atoms with Gasteiger partial charge in [0.2, 0.25) is 0 Å². The quantitative estimate of drug-likeness (QED) is 0.0880. The zero-order chi connectivity index (χ0) is 42.0. The van der Waals surface area contributed by atoms with Crippen LogP contribution in [0.3, 0.4) is 0 Å². The van der Waals surface area contributed by atoms with E-state index >= 15 is 0 Å². The van der Waals surface area contributed by atoms with E-state index in [-0.39, 0.29) is 18.8 Å². The first kappa shape index (κ1) is 46.6. The van der Waals surface area contributed by atoms with Crippen LogP contribution >= 0.6 is 0 Å². The van der Waals surface area contributed by atoms with Gasteiger partial charge in [-0.05, 0) is 104 Å². The van der Waals surface area contributed by atoms with Crippen molar-refractivity contribution in [3.63, 3.8) is 0 Å². The number of carbonyl (C=O) groups excluding carboxylic acids is 1. The Labute approximate surface area is 348 Å². The first-order chi connectivity index (χ1) is 27.0. The van der Waals surface area contributed by atoms with Crippen LogP contribution in [0.4, 0.5) is 0 Å². The SMILES string of the molecule is C=CC1OC2C(=C(C)C(CCO[SiH](C)C)O[Si](CC)(CC)CC)C(C)(C)CC(OC(=O)c3ccccc3)C3C4(O)COC4CC(O[Si](CC)(CC)CC)[C@@]3(C)C2O1. The Balaban J connectivity index is 1.78. The van der Waals surface area contributed by atoms with E-state index in [0.29, 0.717) is 25.0 Å². The maximum atomic E-state index is 14.3. The molecular weight excluding hydrogens is 769 g/mol. The minimum absolute atomic E-state index is 0.153. The number of fused-ring (bicyclic) bond motifs is 5. The van der Waals surface area contributed by atoms with Crippen molar-refractivity contribution < 1.29 is 42.1 Å². The molecule has 0 bridgehead atoms. The highest BCUT2D eigenvalue weighted by atomic mass is 28.4.